The number of sulfonamides is 1. The van der Waals surface area contributed by atoms with E-state index < -0.39 is 30.5 Å². The van der Waals surface area contributed by atoms with Gasteiger partial charge in [0.2, 0.25) is 0 Å². The highest BCUT2D eigenvalue weighted by atomic mass is 32.2. The molecule has 0 aliphatic heterocycles. The maximum atomic E-state index is 12.7. The van der Waals surface area contributed by atoms with Crippen LogP contribution in [0.1, 0.15) is 5.56 Å². The smallest absolute Gasteiger partial charge is 0.269 e. The molecule has 0 spiro atoms. The summed E-state index contributed by atoms with van der Waals surface area (Å²) in [5.74, 6) is 0. The van der Waals surface area contributed by atoms with E-state index in [1.807, 2.05) is 0 Å². The van der Waals surface area contributed by atoms with Gasteiger partial charge in [-0.2, -0.15) is 0 Å². The van der Waals surface area contributed by atoms with Crippen molar-refractivity contribution < 1.29 is 18.3 Å². The molecular formula is C14H13N3O6S. The van der Waals surface area contributed by atoms with E-state index in [9.17, 15) is 28.6 Å². The van der Waals surface area contributed by atoms with Gasteiger partial charge in [0.25, 0.3) is 21.4 Å². The largest absolute Gasteiger partial charge is 0.289 e. The molecule has 2 aromatic carbocycles. The Morgan fingerprint density at radius 1 is 1.00 bits per heavy atom. The summed E-state index contributed by atoms with van der Waals surface area (Å²) in [4.78, 5) is 20.1. The number of para-hydroxylation sites is 1. The molecule has 0 saturated carbocycles. The summed E-state index contributed by atoms with van der Waals surface area (Å²) < 4.78 is 26.3. The fourth-order valence-electron chi connectivity index (χ4n) is 2.15. The highest BCUT2D eigenvalue weighted by molar-refractivity contribution is 7.93. The van der Waals surface area contributed by atoms with Gasteiger partial charge in [-0.05, 0) is 18.6 Å². The Bertz CT molecular complexity index is 926. The second-order valence-electron chi connectivity index (χ2n) is 4.93. The zero-order valence-corrected chi connectivity index (χ0v) is 13.6. The minimum atomic E-state index is -4.26. The Morgan fingerprint density at radius 2 is 1.62 bits per heavy atom. The lowest BCUT2D eigenvalue weighted by atomic mass is 10.2. The number of nitro groups is 2. The van der Waals surface area contributed by atoms with Gasteiger partial charge < -0.3 is 0 Å². The lowest BCUT2D eigenvalue weighted by Gasteiger charge is -2.21. The van der Waals surface area contributed by atoms with E-state index in [1.165, 1.54) is 31.3 Å². The van der Waals surface area contributed by atoms with Crippen LogP contribution in [0, 0.1) is 27.2 Å². The maximum Gasteiger partial charge on any atom is 0.289 e. The minimum absolute atomic E-state index is 0.0716. The van der Waals surface area contributed by atoms with Crippen molar-refractivity contribution in [2.45, 2.75) is 11.8 Å². The van der Waals surface area contributed by atoms with E-state index in [2.05, 4.69) is 0 Å². The second kappa shape index (κ2) is 6.24. The van der Waals surface area contributed by atoms with Gasteiger partial charge in [-0.15, -0.1) is 0 Å². The van der Waals surface area contributed by atoms with Gasteiger partial charge in [-0.3, -0.25) is 24.5 Å². The molecule has 0 bridgehead atoms. The van der Waals surface area contributed by atoms with Crippen LogP contribution in [0.2, 0.25) is 0 Å². The first-order valence-corrected chi connectivity index (χ1v) is 8.07. The molecule has 0 N–H and O–H groups in total. The molecule has 2 rings (SSSR count). The van der Waals surface area contributed by atoms with Gasteiger partial charge in [0.1, 0.15) is 0 Å². The number of nitro benzene ring substituents is 2. The first kappa shape index (κ1) is 17.3. The van der Waals surface area contributed by atoms with Crippen LogP contribution in [-0.2, 0) is 10.0 Å². The standard InChI is InChI=1S/C14H13N3O6S/c1-10-7-8-11(16(18)19)9-13(10)15(2)24(22,23)14-6-4-3-5-12(14)17(20)21/h3-9H,1-2H3. The Labute approximate surface area is 137 Å². The number of rotatable bonds is 5. The van der Waals surface area contributed by atoms with E-state index in [4.69, 9.17) is 0 Å². The first-order chi connectivity index (χ1) is 11.2. The van der Waals surface area contributed by atoms with Gasteiger partial charge in [-0.25, -0.2) is 8.42 Å². The van der Waals surface area contributed by atoms with Crippen molar-refractivity contribution in [3.63, 3.8) is 0 Å². The Kier molecular flexibility index (Phi) is 4.51. The Balaban J connectivity index is 2.61. The van der Waals surface area contributed by atoms with Crippen LogP contribution in [0.3, 0.4) is 0 Å². The summed E-state index contributed by atoms with van der Waals surface area (Å²) in [5, 5.41) is 22.0. The number of anilines is 1. The number of aryl methyl sites for hydroxylation is 1. The van der Waals surface area contributed by atoms with Crippen LogP contribution in [0.15, 0.2) is 47.4 Å². The third-order valence-electron chi connectivity index (χ3n) is 3.44. The van der Waals surface area contributed by atoms with Crippen LogP contribution in [0.25, 0.3) is 0 Å². The van der Waals surface area contributed by atoms with Crippen molar-refractivity contribution in [2.75, 3.05) is 11.4 Å². The van der Waals surface area contributed by atoms with Crippen molar-refractivity contribution in [3.8, 4) is 0 Å². The molecule has 0 aliphatic rings. The van der Waals surface area contributed by atoms with Gasteiger partial charge in [0.05, 0.1) is 15.5 Å². The van der Waals surface area contributed by atoms with Crippen molar-refractivity contribution >= 4 is 27.1 Å². The lowest BCUT2D eigenvalue weighted by Crippen LogP contribution is -2.28. The van der Waals surface area contributed by atoms with Crippen molar-refractivity contribution in [1.82, 2.24) is 0 Å². The zero-order chi connectivity index (χ0) is 18.1. The zero-order valence-electron chi connectivity index (χ0n) is 12.7. The van der Waals surface area contributed by atoms with Gasteiger partial charge in [0.15, 0.2) is 4.90 Å². The van der Waals surface area contributed by atoms with Gasteiger partial charge in [0, 0.05) is 25.2 Å². The molecule has 9 nitrogen and oxygen atoms in total. The van der Waals surface area contributed by atoms with Crippen LogP contribution >= 0.6 is 0 Å². The molecule has 24 heavy (non-hydrogen) atoms. The topological polar surface area (TPSA) is 124 Å². The molecule has 0 aromatic heterocycles. The third kappa shape index (κ3) is 3.04. The molecule has 0 atom stereocenters. The number of nitrogens with zero attached hydrogens (tertiary/aromatic N) is 3. The predicted octanol–water partition coefficient (Wildman–Crippen LogP) is 2.64. The predicted molar refractivity (Wildman–Crippen MR) is 86.5 cm³/mol. The first-order valence-electron chi connectivity index (χ1n) is 6.63. The van der Waals surface area contributed by atoms with E-state index in [-0.39, 0.29) is 11.4 Å². The molecule has 0 amide bonds. The van der Waals surface area contributed by atoms with Crippen molar-refractivity contribution in [1.29, 1.82) is 0 Å². The summed E-state index contributed by atoms with van der Waals surface area (Å²) in [6.45, 7) is 1.59. The molecule has 0 fully saturated rings. The molecule has 0 heterocycles. The van der Waals surface area contributed by atoms with Gasteiger partial charge in [-0.1, -0.05) is 18.2 Å². The molecule has 0 saturated heterocycles. The lowest BCUT2D eigenvalue weighted by molar-refractivity contribution is -0.387. The molecule has 0 radical (unpaired) electrons. The average Bonchev–Trinajstić information content (AvgIpc) is 2.54. The monoisotopic (exact) mass is 351 g/mol. The Hall–Kier alpha value is -3.01. The summed E-state index contributed by atoms with van der Waals surface area (Å²) in [6.07, 6.45) is 0. The summed E-state index contributed by atoms with van der Waals surface area (Å²) in [5.41, 5.74) is -0.291. The van der Waals surface area contributed by atoms with E-state index in [1.54, 1.807) is 6.92 Å². The number of benzene rings is 2. The van der Waals surface area contributed by atoms with Crippen molar-refractivity contribution in [2.24, 2.45) is 0 Å². The SMILES string of the molecule is Cc1ccc([N+](=O)[O-])cc1N(C)S(=O)(=O)c1ccccc1[N+](=O)[O-]. The van der Waals surface area contributed by atoms with Crippen LogP contribution in [0.4, 0.5) is 17.1 Å². The van der Waals surface area contributed by atoms with Gasteiger partial charge >= 0.3 is 0 Å². The number of non-ortho nitro benzene ring substituents is 1. The fourth-order valence-corrected chi connectivity index (χ4v) is 3.56. The minimum Gasteiger partial charge on any atom is -0.269 e. The van der Waals surface area contributed by atoms with E-state index in [0.29, 0.717) is 5.56 Å². The van der Waals surface area contributed by atoms with E-state index >= 15 is 0 Å². The molecule has 126 valence electrons. The fraction of sp³-hybridized carbons (Fsp3) is 0.143. The molecule has 10 heteroatoms. The average molecular weight is 351 g/mol. The molecular weight excluding hydrogens is 338 g/mol. The van der Waals surface area contributed by atoms with E-state index in [0.717, 1.165) is 22.5 Å². The second-order valence-corrected chi connectivity index (χ2v) is 6.86. The van der Waals surface area contributed by atoms with Crippen molar-refractivity contribution in [3.05, 3.63) is 68.3 Å². The maximum absolute atomic E-state index is 12.7. The summed E-state index contributed by atoms with van der Waals surface area (Å²) in [6, 6.07) is 8.71. The van der Waals surface area contributed by atoms with Crippen LogP contribution < -0.4 is 4.31 Å². The van der Waals surface area contributed by atoms with Crippen LogP contribution in [0.5, 0.6) is 0 Å². The molecule has 2 aromatic rings. The molecule has 0 aliphatic carbocycles. The number of hydrogen-bond acceptors (Lipinski definition) is 6. The summed E-state index contributed by atoms with van der Waals surface area (Å²) in [7, 11) is -3.07. The molecule has 0 unspecified atom stereocenters. The Morgan fingerprint density at radius 3 is 2.21 bits per heavy atom. The highest BCUT2D eigenvalue weighted by Crippen LogP contribution is 2.32. The highest BCUT2D eigenvalue weighted by Gasteiger charge is 2.30. The normalized spacial score (nSPS) is 11.1. The third-order valence-corrected chi connectivity index (χ3v) is 5.26. The van der Waals surface area contributed by atoms with Crippen LogP contribution in [-0.4, -0.2) is 25.3 Å². The quantitative estimate of drug-likeness (QED) is 0.602. The summed E-state index contributed by atoms with van der Waals surface area (Å²) >= 11 is 0. The number of hydrogen-bond donors (Lipinski definition) is 0.